The van der Waals surface area contributed by atoms with Gasteiger partial charge in [0.1, 0.15) is 5.75 Å². The third kappa shape index (κ3) is 2.71. The first-order chi connectivity index (χ1) is 8.35. The van der Waals surface area contributed by atoms with Crippen LogP contribution in [0.4, 0.5) is 5.69 Å². The van der Waals surface area contributed by atoms with Crippen molar-refractivity contribution in [3.63, 3.8) is 0 Å². The molecule has 0 saturated carbocycles. The van der Waals surface area contributed by atoms with Crippen molar-refractivity contribution in [2.75, 3.05) is 25.1 Å². The molecular weight excluding hydrogens is 212 g/mol. The van der Waals surface area contributed by atoms with Crippen molar-refractivity contribution in [1.29, 1.82) is 5.26 Å². The molecule has 0 N–H and O–H groups in total. The Balaban J connectivity index is 2.03. The summed E-state index contributed by atoms with van der Waals surface area (Å²) in [6, 6.07) is 10.4. The summed E-state index contributed by atoms with van der Waals surface area (Å²) in [6.07, 6.45) is 2.90. The Morgan fingerprint density at radius 2 is 2.06 bits per heavy atom. The van der Waals surface area contributed by atoms with Crippen LogP contribution in [-0.2, 0) is 0 Å². The number of methoxy groups -OCH3 is 1. The Bertz CT molecular complexity index is 403. The molecule has 17 heavy (non-hydrogen) atoms. The number of piperidine rings is 1. The lowest BCUT2D eigenvalue weighted by atomic mass is 9.94. The smallest absolute Gasteiger partial charge is 0.142 e. The fourth-order valence-corrected chi connectivity index (χ4v) is 2.40. The van der Waals surface area contributed by atoms with E-state index in [1.165, 1.54) is 5.69 Å². The number of nitriles is 1. The SMILES string of the molecule is COc1ccccc1N1CCC(CC#N)CC1. The van der Waals surface area contributed by atoms with E-state index < -0.39 is 0 Å². The lowest BCUT2D eigenvalue weighted by Crippen LogP contribution is -2.33. The van der Waals surface area contributed by atoms with E-state index in [4.69, 9.17) is 10.00 Å². The third-order valence-corrected chi connectivity index (χ3v) is 3.42. The molecule has 1 saturated heterocycles. The highest BCUT2D eigenvalue weighted by molar-refractivity contribution is 5.58. The Kier molecular flexibility index (Phi) is 3.87. The minimum Gasteiger partial charge on any atom is -0.495 e. The van der Waals surface area contributed by atoms with Gasteiger partial charge in [-0.25, -0.2) is 0 Å². The molecule has 1 aliphatic rings. The van der Waals surface area contributed by atoms with E-state index >= 15 is 0 Å². The second-order valence-electron chi connectivity index (χ2n) is 4.46. The largest absolute Gasteiger partial charge is 0.495 e. The molecule has 0 amide bonds. The van der Waals surface area contributed by atoms with E-state index in [1.807, 2.05) is 18.2 Å². The maximum Gasteiger partial charge on any atom is 0.142 e. The molecule has 3 heteroatoms. The number of hydrogen-bond acceptors (Lipinski definition) is 3. The summed E-state index contributed by atoms with van der Waals surface area (Å²) < 4.78 is 5.38. The van der Waals surface area contributed by atoms with Gasteiger partial charge in [-0.1, -0.05) is 12.1 Å². The van der Waals surface area contributed by atoms with E-state index in [0.29, 0.717) is 12.3 Å². The maximum atomic E-state index is 8.70. The van der Waals surface area contributed by atoms with Gasteiger partial charge in [-0.2, -0.15) is 5.26 Å². The van der Waals surface area contributed by atoms with E-state index in [0.717, 1.165) is 31.7 Å². The van der Waals surface area contributed by atoms with Crippen molar-refractivity contribution >= 4 is 5.69 Å². The highest BCUT2D eigenvalue weighted by atomic mass is 16.5. The fraction of sp³-hybridized carbons (Fsp3) is 0.500. The fourth-order valence-electron chi connectivity index (χ4n) is 2.40. The van der Waals surface area contributed by atoms with Crippen molar-refractivity contribution in [3.05, 3.63) is 24.3 Å². The van der Waals surface area contributed by atoms with E-state index in [9.17, 15) is 0 Å². The van der Waals surface area contributed by atoms with Crippen molar-refractivity contribution in [3.8, 4) is 11.8 Å². The van der Waals surface area contributed by atoms with Gasteiger partial charge in [-0.3, -0.25) is 0 Å². The summed E-state index contributed by atoms with van der Waals surface area (Å²) in [4.78, 5) is 2.35. The van der Waals surface area contributed by atoms with Crippen LogP contribution >= 0.6 is 0 Å². The first-order valence-corrected chi connectivity index (χ1v) is 6.10. The summed E-state index contributed by atoms with van der Waals surface area (Å²) >= 11 is 0. The van der Waals surface area contributed by atoms with Gasteiger partial charge in [0, 0.05) is 19.5 Å². The molecule has 0 unspecified atom stereocenters. The van der Waals surface area contributed by atoms with Crippen LogP contribution in [0.15, 0.2) is 24.3 Å². The first-order valence-electron chi connectivity index (χ1n) is 6.10. The van der Waals surface area contributed by atoms with Gasteiger partial charge in [-0.15, -0.1) is 0 Å². The van der Waals surface area contributed by atoms with Gasteiger partial charge < -0.3 is 9.64 Å². The van der Waals surface area contributed by atoms with Gasteiger partial charge in [0.05, 0.1) is 18.9 Å². The standard InChI is InChI=1S/C14H18N2O/c1-17-14-5-3-2-4-13(14)16-10-7-12(6-9-15)8-11-16/h2-5,12H,6-8,10-11H2,1H3. The van der Waals surface area contributed by atoms with Gasteiger partial charge in [0.15, 0.2) is 0 Å². The van der Waals surface area contributed by atoms with Crippen LogP contribution in [0, 0.1) is 17.2 Å². The number of para-hydroxylation sites is 2. The lowest BCUT2D eigenvalue weighted by molar-refractivity contribution is 0.395. The Hall–Kier alpha value is -1.69. The van der Waals surface area contributed by atoms with Gasteiger partial charge >= 0.3 is 0 Å². The number of ether oxygens (including phenoxy) is 1. The summed E-state index contributed by atoms with van der Waals surface area (Å²) in [5.41, 5.74) is 1.17. The molecule has 3 nitrogen and oxygen atoms in total. The first kappa shape index (κ1) is 11.8. The Labute approximate surface area is 103 Å². The van der Waals surface area contributed by atoms with Gasteiger partial charge in [-0.05, 0) is 30.9 Å². The number of hydrogen-bond donors (Lipinski definition) is 0. The topological polar surface area (TPSA) is 36.3 Å². The minimum absolute atomic E-state index is 0.575. The van der Waals surface area contributed by atoms with E-state index in [-0.39, 0.29) is 0 Å². The molecule has 1 aliphatic heterocycles. The summed E-state index contributed by atoms with van der Waals surface area (Å²) in [7, 11) is 1.71. The van der Waals surface area contributed by atoms with Crippen molar-refractivity contribution in [1.82, 2.24) is 0 Å². The second-order valence-corrected chi connectivity index (χ2v) is 4.46. The summed E-state index contributed by atoms with van der Waals surface area (Å²) in [5, 5.41) is 8.70. The average molecular weight is 230 g/mol. The normalized spacial score (nSPS) is 16.6. The molecule has 90 valence electrons. The number of benzene rings is 1. The molecule has 2 rings (SSSR count). The number of nitrogens with zero attached hydrogens (tertiary/aromatic N) is 2. The molecule has 1 fully saturated rings. The van der Waals surface area contributed by atoms with Crippen LogP contribution in [0.2, 0.25) is 0 Å². The summed E-state index contributed by atoms with van der Waals surface area (Å²) in [5.74, 6) is 1.51. The van der Waals surface area contributed by atoms with Crippen LogP contribution in [0.5, 0.6) is 5.75 Å². The maximum absolute atomic E-state index is 8.70. The molecule has 1 heterocycles. The minimum atomic E-state index is 0.575. The molecular formula is C14H18N2O. The lowest BCUT2D eigenvalue weighted by Gasteiger charge is -2.33. The second kappa shape index (κ2) is 5.58. The van der Waals surface area contributed by atoms with Crippen molar-refractivity contribution in [2.24, 2.45) is 5.92 Å². The van der Waals surface area contributed by atoms with Crippen molar-refractivity contribution < 1.29 is 4.74 Å². The quantitative estimate of drug-likeness (QED) is 0.801. The molecule has 0 aliphatic carbocycles. The monoisotopic (exact) mass is 230 g/mol. The summed E-state index contributed by atoms with van der Waals surface area (Å²) in [6.45, 7) is 2.04. The molecule has 0 bridgehead atoms. The van der Waals surface area contributed by atoms with E-state index in [1.54, 1.807) is 7.11 Å². The van der Waals surface area contributed by atoms with Crippen LogP contribution in [0.1, 0.15) is 19.3 Å². The average Bonchev–Trinajstić information content (AvgIpc) is 2.40. The zero-order valence-corrected chi connectivity index (χ0v) is 10.2. The van der Waals surface area contributed by atoms with E-state index in [2.05, 4.69) is 17.0 Å². The molecule has 1 aromatic carbocycles. The molecule has 0 atom stereocenters. The highest BCUT2D eigenvalue weighted by Gasteiger charge is 2.20. The molecule has 0 radical (unpaired) electrons. The predicted molar refractivity (Wildman–Crippen MR) is 68.2 cm³/mol. The van der Waals surface area contributed by atoms with Crippen LogP contribution < -0.4 is 9.64 Å². The van der Waals surface area contributed by atoms with Crippen molar-refractivity contribution in [2.45, 2.75) is 19.3 Å². The molecule has 0 aromatic heterocycles. The molecule has 1 aromatic rings. The zero-order chi connectivity index (χ0) is 12.1. The number of anilines is 1. The predicted octanol–water partition coefficient (Wildman–Crippen LogP) is 2.83. The van der Waals surface area contributed by atoms with Gasteiger partial charge in [0.25, 0.3) is 0 Å². The molecule has 0 spiro atoms. The Morgan fingerprint density at radius 1 is 1.35 bits per heavy atom. The number of rotatable bonds is 3. The van der Waals surface area contributed by atoms with Gasteiger partial charge in [0.2, 0.25) is 0 Å². The highest BCUT2D eigenvalue weighted by Crippen LogP contribution is 2.31. The Morgan fingerprint density at radius 3 is 2.71 bits per heavy atom. The van der Waals surface area contributed by atoms with Crippen LogP contribution in [0.25, 0.3) is 0 Å². The van der Waals surface area contributed by atoms with Crippen LogP contribution in [0.3, 0.4) is 0 Å². The third-order valence-electron chi connectivity index (χ3n) is 3.42. The zero-order valence-electron chi connectivity index (χ0n) is 10.2. The van der Waals surface area contributed by atoms with Crippen LogP contribution in [-0.4, -0.2) is 20.2 Å².